The number of benzene rings is 2. The van der Waals surface area contributed by atoms with Crippen molar-refractivity contribution in [3.63, 3.8) is 0 Å². The Hall–Kier alpha value is -6.14. The molecule has 4 heterocycles. The van der Waals surface area contributed by atoms with Crippen LogP contribution in [0.5, 0.6) is 11.5 Å². The second-order valence-electron chi connectivity index (χ2n) is 17.4. The Bertz CT molecular complexity index is 2290. The molecular weight excluding hydrogens is 849 g/mol. The maximum absolute atomic E-state index is 14.1. The van der Waals surface area contributed by atoms with Crippen molar-refractivity contribution >= 4 is 24.0 Å². The molecule has 2 saturated heterocycles. The van der Waals surface area contributed by atoms with Gasteiger partial charge in [0.1, 0.15) is 48.4 Å². The molecule has 1 aliphatic carbocycles. The van der Waals surface area contributed by atoms with E-state index >= 15 is 0 Å². The molecule has 0 spiro atoms. The molecule has 356 valence electrons. The molecule has 18 heteroatoms. The summed E-state index contributed by atoms with van der Waals surface area (Å²) in [7, 11) is 5.84. The van der Waals surface area contributed by atoms with Crippen molar-refractivity contribution in [2.24, 2.45) is 11.8 Å². The van der Waals surface area contributed by atoms with Crippen LogP contribution in [0.25, 0.3) is 33.6 Å². The number of carbonyl (C=O) groups excluding carboxylic acids is 4. The number of nitrogens with zero attached hydrogens (tertiary/aromatic N) is 4. The number of alkyl carbamates (subject to hydrolysis) is 2. The number of H-pyrrole nitrogens is 2. The highest BCUT2D eigenvalue weighted by Gasteiger charge is 2.41. The molecule has 4 N–H and O–H groups in total. The zero-order chi connectivity index (χ0) is 46.7. The van der Waals surface area contributed by atoms with E-state index in [2.05, 4.69) is 20.6 Å². The van der Waals surface area contributed by atoms with Gasteiger partial charge in [-0.2, -0.15) is 0 Å². The van der Waals surface area contributed by atoms with Gasteiger partial charge in [-0.15, -0.1) is 0 Å². The van der Waals surface area contributed by atoms with Gasteiger partial charge >= 0.3 is 12.2 Å². The Kier molecular flexibility index (Phi) is 16.2. The van der Waals surface area contributed by atoms with Crippen LogP contribution in [0, 0.1) is 11.8 Å². The third-order valence-electron chi connectivity index (χ3n) is 12.8. The number of ether oxygens (including phenoxy) is 6. The van der Waals surface area contributed by atoms with Gasteiger partial charge in [-0.05, 0) is 74.6 Å². The topological polar surface area (TPSA) is 212 Å². The molecule has 4 atom stereocenters. The van der Waals surface area contributed by atoms with Gasteiger partial charge in [0, 0.05) is 49.6 Å². The smallest absolute Gasteiger partial charge is 0.407 e. The van der Waals surface area contributed by atoms with Crippen LogP contribution >= 0.6 is 0 Å². The van der Waals surface area contributed by atoms with Gasteiger partial charge in [0.25, 0.3) is 0 Å². The van der Waals surface area contributed by atoms with Crippen LogP contribution in [0.3, 0.4) is 0 Å². The summed E-state index contributed by atoms with van der Waals surface area (Å²) in [6.45, 7) is 6.24. The third-order valence-corrected chi connectivity index (χ3v) is 12.8. The molecule has 3 fully saturated rings. The van der Waals surface area contributed by atoms with E-state index in [1.165, 1.54) is 14.2 Å². The van der Waals surface area contributed by atoms with Gasteiger partial charge in [-0.1, -0.05) is 38.8 Å². The fraction of sp³-hybridized carbons (Fsp3) is 0.542. The van der Waals surface area contributed by atoms with Crippen LogP contribution in [0.4, 0.5) is 9.59 Å². The molecule has 4 unspecified atom stereocenters. The molecule has 3 aliphatic rings. The number of hydrogen-bond acceptors (Lipinski definition) is 12. The van der Waals surface area contributed by atoms with E-state index < -0.39 is 24.3 Å². The van der Waals surface area contributed by atoms with Gasteiger partial charge in [0.15, 0.2) is 0 Å². The van der Waals surface area contributed by atoms with E-state index in [9.17, 15) is 19.2 Å². The van der Waals surface area contributed by atoms with Crippen molar-refractivity contribution in [1.29, 1.82) is 0 Å². The first-order chi connectivity index (χ1) is 32.0. The van der Waals surface area contributed by atoms with Gasteiger partial charge in [-0.3, -0.25) is 9.59 Å². The lowest BCUT2D eigenvalue weighted by Gasteiger charge is -2.31. The number of methoxy groups -OCH3 is 4. The number of likely N-dealkylation sites (tertiary alicyclic amines) is 2. The average Bonchev–Trinajstić information content (AvgIpc) is 4.19. The minimum absolute atomic E-state index is 0.0648. The highest BCUT2D eigenvalue weighted by atomic mass is 16.5. The second kappa shape index (κ2) is 22.4. The van der Waals surface area contributed by atoms with Crippen molar-refractivity contribution in [2.75, 3.05) is 68.0 Å². The molecule has 4 aromatic rings. The molecule has 2 aliphatic heterocycles. The first-order valence-corrected chi connectivity index (χ1v) is 23.0. The van der Waals surface area contributed by atoms with Gasteiger partial charge in [-0.25, -0.2) is 19.6 Å². The number of aromatic nitrogens is 4. The number of imidazole rings is 2. The van der Waals surface area contributed by atoms with E-state index in [4.69, 9.17) is 38.4 Å². The van der Waals surface area contributed by atoms with Crippen molar-refractivity contribution in [1.82, 2.24) is 40.4 Å². The average molecular weight is 913 g/mol. The Labute approximate surface area is 385 Å². The summed E-state index contributed by atoms with van der Waals surface area (Å²) in [6, 6.07) is 9.94. The summed E-state index contributed by atoms with van der Waals surface area (Å²) in [6.07, 6.45) is 9.21. The highest BCUT2D eigenvalue weighted by Crippen LogP contribution is 2.42. The molecule has 2 aromatic heterocycles. The van der Waals surface area contributed by atoms with Gasteiger partial charge in [0.2, 0.25) is 11.8 Å². The Balaban J connectivity index is 1.15. The second-order valence-corrected chi connectivity index (χ2v) is 17.4. The van der Waals surface area contributed by atoms with Crippen molar-refractivity contribution in [3.8, 4) is 45.1 Å². The van der Waals surface area contributed by atoms with Crippen LogP contribution in [0.1, 0.15) is 88.9 Å². The van der Waals surface area contributed by atoms with Crippen LogP contribution in [-0.4, -0.2) is 134 Å². The van der Waals surface area contributed by atoms with Crippen molar-refractivity contribution < 1.29 is 47.6 Å². The lowest BCUT2D eigenvalue weighted by Crippen LogP contribution is -2.51. The SMILES string of the molecule is COCCOc1cc(-c2cnc(C3CCCN3C(=O)C(NC(=O)OC)C(C)C)[nH]2)ccc1-c1ccc(-c2cnc(C3CCCN3C(=O)C(NC(=O)OC)C3CCCC3)[nH]2)cc1OCCOC. The maximum atomic E-state index is 14.1. The summed E-state index contributed by atoms with van der Waals surface area (Å²) in [5.74, 6) is 2.18. The zero-order valence-corrected chi connectivity index (χ0v) is 38.9. The Morgan fingerprint density at radius 3 is 1.61 bits per heavy atom. The maximum Gasteiger partial charge on any atom is 0.407 e. The molecule has 7 rings (SSSR count). The van der Waals surface area contributed by atoms with Crippen LogP contribution < -0.4 is 20.1 Å². The number of carbonyl (C=O) groups is 4. The predicted octanol–water partition coefficient (Wildman–Crippen LogP) is 6.81. The summed E-state index contributed by atoms with van der Waals surface area (Å²) in [5.41, 5.74) is 4.76. The largest absolute Gasteiger partial charge is 0.491 e. The molecule has 0 radical (unpaired) electrons. The summed E-state index contributed by atoms with van der Waals surface area (Å²) >= 11 is 0. The molecule has 18 nitrogen and oxygen atoms in total. The molecule has 66 heavy (non-hydrogen) atoms. The predicted molar refractivity (Wildman–Crippen MR) is 245 cm³/mol. The van der Waals surface area contributed by atoms with E-state index in [0.717, 1.165) is 85.0 Å². The summed E-state index contributed by atoms with van der Waals surface area (Å²) in [5, 5.41) is 5.54. The lowest BCUT2D eigenvalue weighted by molar-refractivity contribution is -0.136. The van der Waals surface area contributed by atoms with E-state index in [-0.39, 0.29) is 35.7 Å². The molecule has 4 amide bonds. The van der Waals surface area contributed by atoms with E-state index in [1.807, 2.05) is 55.1 Å². The van der Waals surface area contributed by atoms with E-state index in [1.54, 1.807) is 31.5 Å². The number of hydrogen-bond donors (Lipinski definition) is 4. The van der Waals surface area contributed by atoms with Gasteiger partial charge in [0.05, 0.1) is 63.3 Å². The highest BCUT2D eigenvalue weighted by molar-refractivity contribution is 5.87. The molecule has 2 aromatic carbocycles. The van der Waals surface area contributed by atoms with Crippen LogP contribution in [-0.2, 0) is 28.5 Å². The van der Waals surface area contributed by atoms with Crippen LogP contribution in [0.2, 0.25) is 0 Å². The van der Waals surface area contributed by atoms with Gasteiger partial charge < -0.3 is 58.8 Å². The monoisotopic (exact) mass is 912 g/mol. The number of amides is 4. The minimum atomic E-state index is -0.737. The summed E-state index contributed by atoms with van der Waals surface area (Å²) < 4.78 is 33.2. The van der Waals surface area contributed by atoms with E-state index in [0.29, 0.717) is 62.7 Å². The fourth-order valence-corrected chi connectivity index (χ4v) is 9.38. The standard InChI is InChI=1S/C48H64N8O10/c1-29(2)41(53-47(59)63-5)45(57)55-19-9-13-37(55)43-49-27-35(51-43)31-15-17-33(39(25-31)65-23-21-61-3)34-18-16-32(26-40(34)66-24-22-62-4)36-28-50-44(52-36)38-14-10-20-56(38)46(58)42(54-48(60)64-6)30-11-7-8-12-30/h15-18,25-30,37-38,41-42H,7-14,19-24H2,1-6H3,(H,49,51)(H,50,52)(H,53,59)(H,54,60). The first kappa shape index (κ1) is 47.8. The lowest BCUT2D eigenvalue weighted by atomic mass is 9.96. The number of aromatic amines is 2. The Morgan fingerprint density at radius 2 is 1.14 bits per heavy atom. The number of nitrogens with one attached hydrogen (secondary N) is 4. The van der Waals surface area contributed by atoms with Crippen molar-refractivity contribution in [3.05, 3.63) is 60.4 Å². The molecule has 1 saturated carbocycles. The zero-order valence-electron chi connectivity index (χ0n) is 38.9. The fourth-order valence-electron chi connectivity index (χ4n) is 9.38. The van der Waals surface area contributed by atoms with Crippen molar-refractivity contribution in [2.45, 2.75) is 89.4 Å². The normalized spacial score (nSPS) is 18.3. The Morgan fingerprint density at radius 1 is 0.652 bits per heavy atom. The molecule has 0 bridgehead atoms. The third kappa shape index (κ3) is 10.9. The van der Waals surface area contributed by atoms with Crippen LogP contribution in [0.15, 0.2) is 48.8 Å². The summed E-state index contributed by atoms with van der Waals surface area (Å²) in [4.78, 5) is 72.5. The quantitative estimate of drug-likeness (QED) is 0.0716. The minimum Gasteiger partial charge on any atom is -0.491 e. The molecular formula is C48H64N8O10. The number of rotatable bonds is 19. The first-order valence-electron chi connectivity index (χ1n) is 23.0.